The van der Waals surface area contributed by atoms with Gasteiger partial charge < -0.3 is 39.6 Å². The molecule has 0 spiro atoms. The molecule has 0 N–H and O–H groups in total. The molecule has 0 bridgehead atoms. The van der Waals surface area contributed by atoms with Crippen LogP contribution in [0.15, 0.2) is 0 Å². The summed E-state index contributed by atoms with van der Waals surface area (Å²) in [6.07, 6.45) is 12.4. The first-order chi connectivity index (χ1) is 14.1. The number of hydrogen-bond donors (Lipinski definition) is 0. The van der Waals surface area contributed by atoms with Crippen LogP contribution >= 0.6 is 0 Å². The van der Waals surface area contributed by atoms with Gasteiger partial charge in [0.1, 0.15) is 0 Å². The van der Waals surface area contributed by atoms with Crippen molar-refractivity contribution in [2.24, 2.45) is 0 Å². The molecule has 1 fully saturated rings. The number of aliphatic carboxylic acids is 4. The van der Waals surface area contributed by atoms with Gasteiger partial charge in [-0.3, -0.25) is 0 Å². The zero-order valence-corrected chi connectivity index (χ0v) is 22.5. The molecule has 1 aliphatic rings. The van der Waals surface area contributed by atoms with E-state index in [1.165, 1.54) is 38.5 Å². The maximum absolute atomic E-state index is 9.49. The molecule has 0 unspecified atom stereocenters. The van der Waals surface area contributed by atoms with Gasteiger partial charge in [-0.25, -0.2) is 0 Å². The summed E-state index contributed by atoms with van der Waals surface area (Å²) in [6.45, 7) is 7.21. The van der Waals surface area contributed by atoms with Gasteiger partial charge in [-0.15, -0.1) is 0 Å². The predicted molar refractivity (Wildman–Crippen MR) is 113 cm³/mol. The third-order valence-electron chi connectivity index (χ3n) is 3.32. The average molecular weight is 551 g/mol. The molecule has 180 valence electrons. The Bertz CT molecular complexity index is 335. The van der Waals surface area contributed by atoms with Crippen molar-refractivity contribution in [3.05, 3.63) is 0 Å². The molecule has 1 aliphatic carbocycles. The molecule has 0 amide bonds. The van der Waals surface area contributed by atoms with Crippen LogP contribution in [0.25, 0.3) is 0 Å². The molecule has 0 aromatic heterocycles. The van der Waals surface area contributed by atoms with Crippen LogP contribution < -0.4 is 20.4 Å². The largest absolute Gasteiger partial charge is 4.00 e. The molecule has 0 saturated heterocycles. The van der Waals surface area contributed by atoms with Crippen molar-refractivity contribution in [3.8, 4) is 0 Å². The monoisotopic (exact) mass is 552 g/mol. The SMILES string of the molecule is C1CCCCC1.CCCC(=O)[O-].CCCC(=O)[O-].CCCC(=O)[O-].CCCC(=O)[O-].[Sn+4]. The van der Waals surface area contributed by atoms with Crippen LogP contribution in [-0.2, 0) is 19.2 Å². The van der Waals surface area contributed by atoms with E-state index in [1.54, 1.807) is 27.7 Å². The zero-order chi connectivity index (χ0) is 24.2. The van der Waals surface area contributed by atoms with Crippen LogP contribution in [0.4, 0.5) is 0 Å². The first-order valence-corrected chi connectivity index (χ1v) is 10.9. The fourth-order valence-electron chi connectivity index (χ4n) is 1.88. The topological polar surface area (TPSA) is 161 Å². The van der Waals surface area contributed by atoms with E-state index in [2.05, 4.69) is 0 Å². The van der Waals surface area contributed by atoms with E-state index < -0.39 is 23.9 Å². The Labute approximate surface area is 204 Å². The molecule has 0 radical (unpaired) electrons. The predicted octanol–water partition coefficient (Wildman–Crippen LogP) is 0.105. The van der Waals surface area contributed by atoms with Crippen LogP contribution in [0.3, 0.4) is 0 Å². The molecule has 1 saturated carbocycles. The number of carbonyl (C=O) groups excluding carboxylic acids is 4. The zero-order valence-electron chi connectivity index (χ0n) is 19.7. The van der Waals surface area contributed by atoms with E-state index in [0.29, 0.717) is 25.7 Å². The fraction of sp³-hybridized carbons (Fsp3) is 0.818. The molecule has 0 aromatic carbocycles. The van der Waals surface area contributed by atoms with E-state index in [0.717, 1.165) is 0 Å². The normalized spacial score (nSPS) is 11.0. The second kappa shape index (κ2) is 36.1. The summed E-state index contributed by atoms with van der Waals surface area (Å²) < 4.78 is 0. The van der Waals surface area contributed by atoms with Gasteiger partial charge in [0.25, 0.3) is 0 Å². The van der Waals surface area contributed by atoms with Crippen LogP contribution in [0, 0.1) is 0 Å². The standard InChI is InChI=1S/C6H12.4C4H8O2.Sn/c1-2-4-6-5-3-1;4*1-2-3-4(5)6;/h1-6H2;4*2-3H2,1H3,(H,5,6);/q;;;;;+4/p-4. The van der Waals surface area contributed by atoms with E-state index >= 15 is 0 Å². The molecular formula is C22H40O8Sn. The number of rotatable bonds is 8. The van der Waals surface area contributed by atoms with Crippen LogP contribution in [0.5, 0.6) is 0 Å². The van der Waals surface area contributed by atoms with Gasteiger partial charge in [0.15, 0.2) is 0 Å². The van der Waals surface area contributed by atoms with Gasteiger partial charge >= 0.3 is 23.9 Å². The van der Waals surface area contributed by atoms with Crippen molar-refractivity contribution >= 4 is 47.8 Å². The Morgan fingerprint density at radius 2 is 0.581 bits per heavy atom. The van der Waals surface area contributed by atoms with Gasteiger partial charge in [-0.2, -0.15) is 0 Å². The van der Waals surface area contributed by atoms with Crippen molar-refractivity contribution in [2.45, 2.75) is 118 Å². The van der Waals surface area contributed by atoms with E-state index in [-0.39, 0.29) is 49.6 Å². The summed E-state index contributed by atoms with van der Waals surface area (Å²) in [5.74, 6) is -3.84. The van der Waals surface area contributed by atoms with Gasteiger partial charge in [0.2, 0.25) is 0 Å². The van der Waals surface area contributed by atoms with E-state index in [4.69, 9.17) is 0 Å². The maximum Gasteiger partial charge on any atom is 4.00 e. The number of carbonyl (C=O) groups is 4. The minimum Gasteiger partial charge on any atom is -0.550 e. The van der Waals surface area contributed by atoms with E-state index in [1.807, 2.05) is 0 Å². The fourth-order valence-corrected chi connectivity index (χ4v) is 1.88. The molecule has 0 aromatic rings. The molecule has 1 rings (SSSR count). The molecule has 31 heavy (non-hydrogen) atoms. The average Bonchev–Trinajstić information content (AvgIpc) is 2.65. The van der Waals surface area contributed by atoms with Crippen molar-refractivity contribution in [2.75, 3.05) is 0 Å². The maximum atomic E-state index is 9.49. The van der Waals surface area contributed by atoms with Crippen molar-refractivity contribution in [1.29, 1.82) is 0 Å². The van der Waals surface area contributed by atoms with Gasteiger partial charge in [0.05, 0.1) is 0 Å². The van der Waals surface area contributed by atoms with Crippen molar-refractivity contribution in [3.63, 3.8) is 0 Å². The summed E-state index contributed by atoms with van der Waals surface area (Å²) in [4.78, 5) is 38.0. The molecule has 0 aliphatic heterocycles. The molecule has 9 heteroatoms. The Kier molecular flexibility index (Phi) is 46.6. The molecule has 8 nitrogen and oxygen atoms in total. The van der Waals surface area contributed by atoms with Gasteiger partial charge in [-0.05, 0) is 25.7 Å². The number of hydrogen-bond acceptors (Lipinski definition) is 8. The summed E-state index contributed by atoms with van der Waals surface area (Å²) >= 11 is 0. The molecule has 0 heterocycles. The van der Waals surface area contributed by atoms with Crippen LogP contribution in [0.2, 0.25) is 0 Å². The summed E-state index contributed by atoms with van der Waals surface area (Å²) in [5, 5.41) is 38.0. The third-order valence-corrected chi connectivity index (χ3v) is 3.32. The van der Waals surface area contributed by atoms with E-state index in [9.17, 15) is 39.6 Å². The number of carboxylic acid groups (broad SMARTS) is 4. The smallest absolute Gasteiger partial charge is 0.550 e. The third kappa shape index (κ3) is 73.4. The Morgan fingerprint density at radius 3 is 0.613 bits per heavy atom. The van der Waals surface area contributed by atoms with Gasteiger partial charge in [0, 0.05) is 23.9 Å². The van der Waals surface area contributed by atoms with Crippen LogP contribution in [0.1, 0.15) is 118 Å². The summed E-state index contributed by atoms with van der Waals surface area (Å²) in [6, 6.07) is 0. The summed E-state index contributed by atoms with van der Waals surface area (Å²) in [5.41, 5.74) is 0. The second-order valence-electron chi connectivity index (χ2n) is 6.61. The van der Waals surface area contributed by atoms with Crippen molar-refractivity contribution in [1.82, 2.24) is 0 Å². The minimum absolute atomic E-state index is 0. The Morgan fingerprint density at radius 1 is 0.452 bits per heavy atom. The minimum atomic E-state index is -0.961. The quantitative estimate of drug-likeness (QED) is 0.384. The second-order valence-corrected chi connectivity index (χ2v) is 6.61. The summed E-state index contributed by atoms with van der Waals surface area (Å²) in [7, 11) is 0. The van der Waals surface area contributed by atoms with Crippen LogP contribution in [-0.4, -0.2) is 47.8 Å². The molecule has 0 atom stereocenters. The first kappa shape index (κ1) is 40.1. The van der Waals surface area contributed by atoms with Crippen molar-refractivity contribution < 1.29 is 39.6 Å². The number of carboxylic acids is 4. The molecular weight excluding hydrogens is 511 g/mol. The van der Waals surface area contributed by atoms with Gasteiger partial charge in [-0.1, -0.05) is 91.9 Å². The Balaban J connectivity index is -0.0000000901. The first-order valence-electron chi connectivity index (χ1n) is 10.9. The Hall–Kier alpha value is -1.32.